The van der Waals surface area contributed by atoms with Gasteiger partial charge in [-0.2, -0.15) is 9.57 Å². The molecule has 3 aromatic rings. The zero-order valence-electron chi connectivity index (χ0n) is 19.4. The van der Waals surface area contributed by atoms with E-state index in [-0.39, 0.29) is 35.2 Å². The number of furan rings is 1. The Bertz CT molecular complexity index is 1320. The van der Waals surface area contributed by atoms with Gasteiger partial charge < -0.3 is 9.73 Å². The highest BCUT2D eigenvalue weighted by molar-refractivity contribution is 7.89. The lowest BCUT2D eigenvalue weighted by molar-refractivity contribution is -0.117. The molecule has 35 heavy (non-hydrogen) atoms. The number of hydrogen-bond acceptors (Lipinski definition) is 5. The molecule has 1 aromatic heterocycles. The van der Waals surface area contributed by atoms with Crippen molar-refractivity contribution in [1.82, 2.24) is 9.62 Å². The molecule has 0 saturated carbocycles. The molecular formula is C26H26ClN3O4S. The normalized spacial score (nSPS) is 12.1. The molecule has 1 amide bonds. The number of sulfonamides is 1. The van der Waals surface area contributed by atoms with Crippen LogP contribution in [0.1, 0.15) is 30.9 Å². The Balaban J connectivity index is 1.86. The Morgan fingerprint density at radius 3 is 2.40 bits per heavy atom. The summed E-state index contributed by atoms with van der Waals surface area (Å²) < 4.78 is 33.9. The van der Waals surface area contributed by atoms with Gasteiger partial charge in [0.25, 0.3) is 5.91 Å². The number of nitrogens with one attached hydrogen (secondary N) is 1. The van der Waals surface area contributed by atoms with Crippen molar-refractivity contribution in [2.75, 3.05) is 6.54 Å². The van der Waals surface area contributed by atoms with E-state index >= 15 is 0 Å². The molecule has 0 aliphatic carbocycles. The molecule has 1 N–H and O–H groups in total. The first kappa shape index (κ1) is 26.2. The zero-order valence-corrected chi connectivity index (χ0v) is 21.0. The second-order valence-electron chi connectivity index (χ2n) is 8.29. The maximum atomic E-state index is 13.4. The van der Waals surface area contributed by atoms with Crippen LogP contribution in [0.25, 0.3) is 6.08 Å². The van der Waals surface area contributed by atoms with Crippen LogP contribution < -0.4 is 5.32 Å². The third-order valence-electron chi connectivity index (χ3n) is 4.99. The van der Waals surface area contributed by atoms with Crippen LogP contribution in [0.2, 0.25) is 5.02 Å². The molecule has 0 saturated heterocycles. The Kier molecular flexibility index (Phi) is 8.88. The van der Waals surface area contributed by atoms with Crippen LogP contribution in [0.15, 0.2) is 81.6 Å². The fraction of sp³-hybridized carbons (Fsp3) is 0.231. The quantitative estimate of drug-likeness (QED) is 0.304. The molecule has 0 radical (unpaired) electrons. The third-order valence-corrected chi connectivity index (χ3v) is 7.05. The molecule has 0 aliphatic rings. The molecule has 0 unspecified atom stereocenters. The van der Waals surface area contributed by atoms with Gasteiger partial charge in [0.15, 0.2) is 0 Å². The van der Waals surface area contributed by atoms with Gasteiger partial charge in [0.2, 0.25) is 10.0 Å². The Morgan fingerprint density at radius 2 is 1.77 bits per heavy atom. The van der Waals surface area contributed by atoms with Crippen molar-refractivity contribution in [1.29, 1.82) is 5.26 Å². The summed E-state index contributed by atoms with van der Waals surface area (Å²) in [6.07, 6.45) is 1.34. The van der Waals surface area contributed by atoms with Crippen LogP contribution >= 0.6 is 11.6 Å². The number of rotatable bonds is 10. The van der Waals surface area contributed by atoms with E-state index in [0.29, 0.717) is 17.3 Å². The van der Waals surface area contributed by atoms with Crippen molar-refractivity contribution < 1.29 is 17.6 Å². The van der Waals surface area contributed by atoms with E-state index in [9.17, 15) is 18.5 Å². The van der Waals surface area contributed by atoms with Crippen molar-refractivity contribution in [3.8, 4) is 6.07 Å². The highest BCUT2D eigenvalue weighted by atomic mass is 35.5. The van der Waals surface area contributed by atoms with Gasteiger partial charge in [-0.15, -0.1) is 0 Å². The number of carbonyl (C=O) groups excluding carboxylic acids is 1. The number of nitrogens with zero attached hydrogens (tertiary/aromatic N) is 2. The average Bonchev–Trinajstić information content (AvgIpc) is 3.29. The number of hydrogen-bond donors (Lipinski definition) is 1. The zero-order chi connectivity index (χ0) is 25.4. The van der Waals surface area contributed by atoms with Gasteiger partial charge >= 0.3 is 0 Å². The van der Waals surface area contributed by atoms with E-state index in [2.05, 4.69) is 5.32 Å². The Labute approximate surface area is 210 Å². The van der Waals surface area contributed by atoms with Crippen molar-refractivity contribution >= 4 is 33.6 Å². The van der Waals surface area contributed by atoms with E-state index in [1.54, 1.807) is 54.6 Å². The minimum absolute atomic E-state index is 0.0465. The predicted molar refractivity (Wildman–Crippen MR) is 134 cm³/mol. The summed E-state index contributed by atoms with van der Waals surface area (Å²) in [7, 11) is -3.85. The van der Waals surface area contributed by atoms with Gasteiger partial charge in [0.05, 0.1) is 11.4 Å². The average molecular weight is 512 g/mol. The smallest absolute Gasteiger partial charge is 0.262 e. The first-order valence-electron chi connectivity index (χ1n) is 11.0. The molecule has 0 bridgehead atoms. The van der Waals surface area contributed by atoms with Crippen LogP contribution in [0, 0.1) is 17.2 Å². The highest BCUT2D eigenvalue weighted by Crippen LogP contribution is 2.23. The topological polar surface area (TPSA) is 103 Å². The lowest BCUT2D eigenvalue weighted by Gasteiger charge is -2.21. The molecule has 1 heterocycles. The van der Waals surface area contributed by atoms with Crippen LogP contribution in [0.4, 0.5) is 0 Å². The molecule has 182 valence electrons. The summed E-state index contributed by atoms with van der Waals surface area (Å²) in [5, 5.41) is 12.6. The van der Waals surface area contributed by atoms with Crippen molar-refractivity contribution in [3.05, 3.63) is 94.4 Å². The molecule has 0 atom stereocenters. The van der Waals surface area contributed by atoms with E-state index in [0.717, 1.165) is 5.56 Å². The Hall–Kier alpha value is -3.38. The van der Waals surface area contributed by atoms with E-state index < -0.39 is 15.9 Å². The summed E-state index contributed by atoms with van der Waals surface area (Å²) in [6.45, 7) is 4.40. The summed E-state index contributed by atoms with van der Waals surface area (Å²) in [4.78, 5) is 12.4. The fourth-order valence-electron chi connectivity index (χ4n) is 3.17. The van der Waals surface area contributed by atoms with Gasteiger partial charge in [-0.25, -0.2) is 8.42 Å². The van der Waals surface area contributed by atoms with E-state index in [1.165, 1.54) is 22.5 Å². The molecule has 7 nitrogen and oxygen atoms in total. The molecule has 9 heteroatoms. The van der Waals surface area contributed by atoms with E-state index in [1.807, 2.05) is 19.9 Å². The largest absolute Gasteiger partial charge is 0.460 e. The van der Waals surface area contributed by atoms with Crippen LogP contribution in [-0.4, -0.2) is 25.2 Å². The minimum atomic E-state index is -3.85. The maximum Gasteiger partial charge on any atom is 0.262 e. The van der Waals surface area contributed by atoms with Crippen molar-refractivity contribution in [2.24, 2.45) is 5.92 Å². The third kappa shape index (κ3) is 7.30. The molecular weight excluding hydrogens is 486 g/mol. The number of halogens is 1. The van der Waals surface area contributed by atoms with Crippen molar-refractivity contribution in [3.63, 3.8) is 0 Å². The molecule has 0 spiro atoms. The predicted octanol–water partition coefficient (Wildman–Crippen LogP) is 5.00. The van der Waals surface area contributed by atoms with Crippen LogP contribution in [0.3, 0.4) is 0 Å². The van der Waals surface area contributed by atoms with Crippen LogP contribution in [0.5, 0.6) is 0 Å². The number of nitriles is 1. The highest BCUT2D eigenvalue weighted by Gasteiger charge is 2.26. The van der Waals surface area contributed by atoms with Gasteiger partial charge in [-0.05, 0) is 47.9 Å². The first-order chi connectivity index (χ1) is 16.7. The number of amides is 1. The SMILES string of the molecule is CC(C)CNC(=O)/C(C#N)=C\c1ccc(CN(Cc2ccc(Cl)cc2)S(=O)(=O)c2ccccc2)o1. The number of carbonyl (C=O) groups is 1. The Morgan fingerprint density at radius 1 is 1.09 bits per heavy atom. The molecule has 0 aliphatic heterocycles. The maximum absolute atomic E-state index is 13.4. The van der Waals surface area contributed by atoms with Gasteiger partial charge in [-0.3, -0.25) is 4.79 Å². The van der Waals surface area contributed by atoms with Gasteiger partial charge in [-0.1, -0.05) is 55.8 Å². The summed E-state index contributed by atoms with van der Waals surface area (Å²) in [5.41, 5.74) is 0.663. The monoisotopic (exact) mass is 511 g/mol. The van der Waals surface area contributed by atoms with Gasteiger partial charge in [0.1, 0.15) is 23.2 Å². The first-order valence-corrected chi connectivity index (χ1v) is 12.8. The van der Waals surface area contributed by atoms with Crippen molar-refractivity contribution in [2.45, 2.75) is 31.8 Å². The summed E-state index contributed by atoms with van der Waals surface area (Å²) >= 11 is 5.97. The summed E-state index contributed by atoms with van der Waals surface area (Å²) in [6, 6.07) is 20.2. The standard InChI is InChI=1S/C26H26ClN3O4S/c1-19(2)16-29-26(31)21(15-28)14-23-12-13-24(34-23)18-30(17-20-8-10-22(27)11-9-20)35(32,33)25-6-4-3-5-7-25/h3-14,19H,16-18H2,1-2H3,(H,29,31)/b21-14-. The lowest BCUT2D eigenvalue weighted by atomic mass is 10.2. The lowest BCUT2D eigenvalue weighted by Crippen LogP contribution is -2.30. The number of benzene rings is 2. The second kappa shape index (κ2) is 11.8. The minimum Gasteiger partial charge on any atom is -0.460 e. The summed E-state index contributed by atoms with van der Waals surface area (Å²) in [5.74, 6) is 0.395. The van der Waals surface area contributed by atoms with E-state index in [4.69, 9.17) is 16.0 Å². The fourth-order valence-corrected chi connectivity index (χ4v) is 4.72. The second-order valence-corrected chi connectivity index (χ2v) is 10.7. The molecule has 0 fully saturated rings. The van der Waals surface area contributed by atoms with Crippen LogP contribution in [-0.2, 0) is 27.9 Å². The molecule has 3 rings (SSSR count). The molecule has 2 aromatic carbocycles. The van der Waals surface area contributed by atoms with Gasteiger partial charge in [0, 0.05) is 24.2 Å².